The molecule has 0 N–H and O–H groups in total. The van der Waals surface area contributed by atoms with Gasteiger partial charge in [0.25, 0.3) is 5.69 Å². The molecule has 0 saturated carbocycles. The molecule has 94 heavy (non-hydrogen) atoms. The zero-order chi connectivity index (χ0) is 66.9. The second-order valence-electron chi connectivity index (χ2n) is 18.9. The number of hydrogen-bond donors (Lipinski definition) is 0. The summed E-state index contributed by atoms with van der Waals surface area (Å²) in [6, 6.07) is 12.8. The normalized spacial score (nSPS) is 11.4. The van der Waals surface area contributed by atoms with Gasteiger partial charge in [-0.15, -0.1) is 6.42 Å². The number of nitro benzene ring substituents is 1. The molecule has 2 aromatic carbocycles. The van der Waals surface area contributed by atoms with Crippen molar-refractivity contribution >= 4 is 11.8 Å². The van der Waals surface area contributed by atoms with E-state index >= 15 is 0 Å². The van der Waals surface area contributed by atoms with E-state index in [2.05, 4.69) is 5.92 Å². The SMILES string of the molecule is C#Cc1ccc(COCCOCCOCCOCCOCCOCCOCCOCCOCCOCCOCCOCCOCCOCCOCCOCCOCCOCCOCCOCCOCCOCCOCCOCCOC(=O)Oc2ccc([N+](=O)[O-])cc2)cc1. The van der Waals surface area contributed by atoms with E-state index in [1.165, 1.54) is 24.3 Å². The summed E-state index contributed by atoms with van der Waals surface area (Å²) in [4.78, 5) is 21.8. The molecule has 30 heteroatoms. The van der Waals surface area contributed by atoms with Crippen LogP contribution in [0.4, 0.5) is 10.5 Å². The quantitative estimate of drug-likeness (QED) is 0.0228. The molecule has 0 spiro atoms. The maximum absolute atomic E-state index is 11.7. The highest BCUT2D eigenvalue weighted by molar-refractivity contribution is 5.64. The summed E-state index contributed by atoms with van der Waals surface area (Å²) in [5.41, 5.74) is 1.82. The second kappa shape index (κ2) is 71.5. The highest BCUT2D eigenvalue weighted by Crippen LogP contribution is 2.17. The van der Waals surface area contributed by atoms with Gasteiger partial charge in [-0.2, -0.15) is 0 Å². The average Bonchev–Trinajstić information content (AvgIpc) is 3.23. The van der Waals surface area contributed by atoms with E-state index in [9.17, 15) is 14.9 Å². The Hall–Kier alpha value is -4.29. The number of ether oxygens (including phenoxy) is 26. The van der Waals surface area contributed by atoms with E-state index in [0.717, 1.165) is 11.1 Å². The van der Waals surface area contributed by atoms with Crippen LogP contribution in [0.1, 0.15) is 11.1 Å². The Morgan fingerprint density at radius 2 is 0.479 bits per heavy atom. The molecule has 0 aliphatic carbocycles. The van der Waals surface area contributed by atoms with Gasteiger partial charge in [0.15, 0.2) is 0 Å². The molecule has 2 aromatic rings. The number of carbonyl (C=O) groups is 1. The summed E-state index contributed by atoms with van der Waals surface area (Å²) in [5, 5.41) is 10.7. The second-order valence-corrected chi connectivity index (χ2v) is 18.9. The number of benzene rings is 2. The zero-order valence-corrected chi connectivity index (χ0v) is 55.1. The van der Waals surface area contributed by atoms with Crippen LogP contribution in [-0.2, 0) is 125 Å². The van der Waals surface area contributed by atoms with Crippen molar-refractivity contribution in [3.8, 4) is 18.1 Å². The molecule has 0 saturated heterocycles. The largest absolute Gasteiger partial charge is 0.513 e. The lowest BCUT2D eigenvalue weighted by Crippen LogP contribution is -2.16. The minimum absolute atomic E-state index is 0.0183. The zero-order valence-electron chi connectivity index (χ0n) is 55.1. The van der Waals surface area contributed by atoms with Crippen LogP contribution in [0.15, 0.2) is 48.5 Å². The van der Waals surface area contributed by atoms with Gasteiger partial charge in [-0.05, 0) is 29.8 Å². The van der Waals surface area contributed by atoms with Gasteiger partial charge in [-0.1, -0.05) is 18.1 Å². The first-order valence-corrected chi connectivity index (χ1v) is 32.1. The maximum atomic E-state index is 11.7. The average molecular weight is 1350 g/mol. The van der Waals surface area contributed by atoms with Crippen LogP contribution in [0, 0.1) is 22.5 Å². The lowest BCUT2D eigenvalue weighted by molar-refractivity contribution is -0.384. The Morgan fingerprint density at radius 1 is 0.287 bits per heavy atom. The van der Waals surface area contributed by atoms with E-state index in [4.69, 9.17) is 130 Å². The smallest absolute Gasteiger partial charge is 0.432 e. The van der Waals surface area contributed by atoms with Crippen molar-refractivity contribution in [2.45, 2.75) is 6.61 Å². The molecule has 0 aromatic heterocycles. The lowest BCUT2D eigenvalue weighted by Gasteiger charge is -2.09. The number of rotatable bonds is 76. The van der Waals surface area contributed by atoms with Gasteiger partial charge in [0.1, 0.15) is 12.4 Å². The molecule has 0 atom stereocenters. The monoisotopic (exact) mass is 1350 g/mol. The third kappa shape index (κ3) is 62.5. The number of nitro groups is 1. The first-order chi connectivity index (χ1) is 46.6. The van der Waals surface area contributed by atoms with E-state index in [1.807, 2.05) is 24.3 Å². The molecule has 0 heterocycles. The van der Waals surface area contributed by atoms with E-state index in [0.29, 0.717) is 311 Å². The molecular formula is C64H107NO29. The molecule has 2 rings (SSSR count). The first kappa shape index (κ1) is 85.8. The van der Waals surface area contributed by atoms with Crippen LogP contribution < -0.4 is 4.74 Å². The topological polar surface area (TPSA) is 300 Å². The fourth-order valence-corrected chi connectivity index (χ4v) is 6.89. The number of terminal acetylenes is 1. The van der Waals surface area contributed by atoms with Crippen molar-refractivity contribution in [3.63, 3.8) is 0 Å². The predicted molar refractivity (Wildman–Crippen MR) is 338 cm³/mol. The third-order valence-corrected chi connectivity index (χ3v) is 11.6. The minimum atomic E-state index is -0.934. The lowest BCUT2D eigenvalue weighted by atomic mass is 10.1. The Balaban J connectivity index is 1.09. The van der Waals surface area contributed by atoms with Gasteiger partial charge in [0.05, 0.1) is 322 Å². The van der Waals surface area contributed by atoms with Crippen LogP contribution in [-0.4, -0.2) is 328 Å². The molecule has 0 amide bonds. The van der Waals surface area contributed by atoms with E-state index in [1.54, 1.807) is 0 Å². The number of carbonyl (C=O) groups excluding carboxylic acids is 1. The van der Waals surface area contributed by atoms with Crippen LogP contribution in [0.5, 0.6) is 5.75 Å². The summed E-state index contributed by atoms with van der Waals surface area (Å²) in [6.45, 7) is 22.1. The standard InChI is InChI=1S/C64H107NO29/c1-2-60-3-5-61(6-4-60)59-92-56-55-90-52-51-88-48-47-86-44-43-84-40-39-82-36-35-80-32-31-78-28-27-76-24-23-74-20-19-72-16-15-70-12-11-69-13-14-71-17-18-73-21-22-75-25-26-77-29-30-79-33-34-81-37-38-83-41-42-85-45-46-87-49-50-89-53-54-91-57-58-93-64(66)94-63-9-7-62(8-10-63)65(67)68/h1,3-10H,11-59H2. The molecule has 0 bridgehead atoms. The number of non-ortho nitro benzene ring substituents is 1. The van der Waals surface area contributed by atoms with Gasteiger partial charge in [0.2, 0.25) is 0 Å². The maximum Gasteiger partial charge on any atom is 0.513 e. The number of hydrogen-bond acceptors (Lipinski definition) is 29. The molecule has 0 fully saturated rings. The van der Waals surface area contributed by atoms with Gasteiger partial charge < -0.3 is 123 Å². The van der Waals surface area contributed by atoms with Crippen molar-refractivity contribution < 1.29 is 133 Å². The van der Waals surface area contributed by atoms with Gasteiger partial charge in [0, 0.05) is 17.7 Å². The third-order valence-electron chi connectivity index (χ3n) is 11.6. The van der Waals surface area contributed by atoms with Gasteiger partial charge in [-0.3, -0.25) is 10.1 Å². The molecule has 0 unspecified atom stereocenters. The minimum Gasteiger partial charge on any atom is -0.432 e. The van der Waals surface area contributed by atoms with E-state index < -0.39 is 11.1 Å². The summed E-state index contributed by atoms with van der Waals surface area (Å²) in [5.74, 6) is 2.73. The highest BCUT2D eigenvalue weighted by Gasteiger charge is 2.10. The fourth-order valence-electron chi connectivity index (χ4n) is 6.89. The van der Waals surface area contributed by atoms with Gasteiger partial charge >= 0.3 is 6.16 Å². The summed E-state index contributed by atoms with van der Waals surface area (Å²) >= 11 is 0. The van der Waals surface area contributed by atoms with Crippen molar-refractivity contribution in [2.24, 2.45) is 0 Å². The Bertz CT molecular complexity index is 1940. The van der Waals surface area contributed by atoms with Crippen molar-refractivity contribution in [1.29, 1.82) is 0 Å². The summed E-state index contributed by atoms with van der Waals surface area (Å²) < 4.78 is 142. The van der Waals surface area contributed by atoms with Crippen LogP contribution in [0.3, 0.4) is 0 Å². The van der Waals surface area contributed by atoms with Crippen molar-refractivity contribution in [2.75, 3.05) is 317 Å². The molecule has 30 nitrogen and oxygen atoms in total. The first-order valence-electron chi connectivity index (χ1n) is 32.1. The summed E-state index contributed by atoms with van der Waals surface area (Å²) in [7, 11) is 0. The predicted octanol–water partition coefficient (Wildman–Crippen LogP) is 3.69. The Morgan fingerprint density at radius 3 is 0.670 bits per heavy atom. The molecule has 542 valence electrons. The molecular weight excluding hydrogens is 1250 g/mol. The van der Waals surface area contributed by atoms with Crippen molar-refractivity contribution in [1.82, 2.24) is 0 Å². The summed E-state index contributed by atoms with van der Waals surface area (Å²) in [6.07, 6.45) is 4.44. The molecule has 0 radical (unpaired) electrons. The Kier molecular flexibility index (Phi) is 65.2. The van der Waals surface area contributed by atoms with Crippen LogP contribution in [0.25, 0.3) is 0 Å². The van der Waals surface area contributed by atoms with Gasteiger partial charge in [-0.25, -0.2) is 4.79 Å². The number of nitrogens with zero attached hydrogens (tertiary/aromatic N) is 1. The fraction of sp³-hybridized carbons (Fsp3) is 0.766. The van der Waals surface area contributed by atoms with E-state index in [-0.39, 0.29) is 24.7 Å². The Labute approximate surface area is 554 Å². The highest BCUT2D eigenvalue weighted by atomic mass is 16.7. The van der Waals surface area contributed by atoms with Crippen LogP contribution in [0.2, 0.25) is 0 Å². The molecule has 0 aliphatic rings. The van der Waals surface area contributed by atoms with Crippen molar-refractivity contribution in [3.05, 3.63) is 69.8 Å². The van der Waals surface area contributed by atoms with Crippen LogP contribution >= 0.6 is 0 Å². The molecule has 0 aliphatic heterocycles.